The Morgan fingerprint density at radius 2 is 2.21 bits per heavy atom. The van der Waals surface area contributed by atoms with Crippen LogP contribution in [-0.2, 0) is 0 Å². The number of aromatic nitrogens is 2. The molecule has 1 amide bonds. The van der Waals surface area contributed by atoms with E-state index in [1.165, 1.54) is 0 Å². The minimum atomic E-state index is 0. The number of nitrogens with one attached hydrogen (secondary N) is 2. The van der Waals surface area contributed by atoms with E-state index in [4.69, 9.17) is 0 Å². The Kier molecular flexibility index (Phi) is 6.31. The zero-order valence-electron chi connectivity index (χ0n) is 11.6. The second-order valence-corrected chi connectivity index (χ2v) is 4.98. The molecule has 19 heavy (non-hydrogen) atoms. The Hall–Kier alpha value is -1.07. The molecule has 5 nitrogen and oxygen atoms in total. The summed E-state index contributed by atoms with van der Waals surface area (Å²) in [5, 5.41) is 10.2. The van der Waals surface area contributed by atoms with Crippen LogP contribution in [0.5, 0.6) is 0 Å². The summed E-state index contributed by atoms with van der Waals surface area (Å²) in [5.74, 6) is 0.760. The van der Waals surface area contributed by atoms with Gasteiger partial charge in [0.1, 0.15) is 5.69 Å². The van der Waals surface area contributed by atoms with Gasteiger partial charge in [0.2, 0.25) is 0 Å². The molecular formula is C13H23ClN4O. The van der Waals surface area contributed by atoms with Crippen LogP contribution in [0.2, 0.25) is 0 Å². The highest BCUT2D eigenvalue weighted by Crippen LogP contribution is 2.18. The van der Waals surface area contributed by atoms with E-state index in [1.54, 1.807) is 0 Å². The fourth-order valence-corrected chi connectivity index (χ4v) is 2.38. The first kappa shape index (κ1) is 16.0. The number of aryl methyl sites for hydroxylation is 1. The lowest BCUT2D eigenvalue weighted by Crippen LogP contribution is -2.40. The summed E-state index contributed by atoms with van der Waals surface area (Å²) >= 11 is 0. The van der Waals surface area contributed by atoms with Crippen LogP contribution in [0, 0.1) is 12.8 Å². The van der Waals surface area contributed by atoms with Gasteiger partial charge in [0, 0.05) is 18.8 Å². The highest BCUT2D eigenvalue weighted by Gasteiger charge is 2.24. The molecule has 2 N–H and O–H groups in total. The molecule has 1 aliphatic rings. The summed E-state index contributed by atoms with van der Waals surface area (Å²) in [7, 11) is 0. The SMILES string of the molecule is CCNCC1CCN(C(=O)c2cc(C)[nH]n2)CC1.Cl. The normalized spacial score (nSPS) is 16.2. The summed E-state index contributed by atoms with van der Waals surface area (Å²) in [4.78, 5) is 14.1. The van der Waals surface area contributed by atoms with Gasteiger partial charge in [-0.25, -0.2) is 0 Å². The molecule has 1 aliphatic heterocycles. The first-order valence-corrected chi connectivity index (χ1v) is 6.72. The molecule has 0 aliphatic carbocycles. The van der Waals surface area contributed by atoms with Crippen LogP contribution in [0.25, 0.3) is 0 Å². The number of hydrogen-bond acceptors (Lipinski definition) is 3. The maximum atomic E-state index is 12.2. The van der Waals surface area contributed by atoms with Gasteiger partial charge in [0.25, 0.3) is 5.91 Å². The van der Waals surface area contributed by atoms with Crippen molar-refractivity contribution in [3.8, 4) is 0 Å². The molecule has 0 aromatic carbocycles. The lowest BCUT2D eigenvalue weighted by atomic mass is 9.96. The fourth-order valence-electron chi connectivity index (χ4n) is 2.38. The van der Waals surface area contributed by atoms with Gasteiger partial charge in [0.05, 0.1) is 0 Å². The third kappa shape index (κ3) is 4.21. The van der Waals surface area contributed by atoms with Crippen molar-refractivity contribution in [2.75, 3.05) is 26.2 Å². The van der Waals surface area contributed by atoms with E-state index in [-0.39, 0.29) is 18.3 Å². The van der Waals surface area contributed by atoms with Gasteiger partial charge in [-0.2, -0.15) is 5.10 Å². The van der Waals surface area contributed by atoms with Crippen molar-refractivity contribution in [3.63, 3.8) is 0 Å². The lowest BCUT2D eigenvalue weighted by molar-refractivity contribution is 0.0684. The number of hydrogen-bond donors (Lipinski definition) is 2. The minimum absolute atomic E-state index is 0. The van der Waals surface area contributed by atoms with Crippen molar-refractivity contribution in [1.82, 2.24) is 20.4 Å². The van der Waals surface area contributed by atoms with E-state index in [9.17, 15) is 4.79 Å². The molecule has 0 atom stereocenters. The number of aromatic amines is 1. The molecule has 6 heteroatoms. The van der Waals surface area contributed by atoms with Crippen molar-refractivity contribution in [1.29, 1.82) is 0 Å². The van der Waals surface area contributed by atoms with Crippen LogP contribution < -0.4 is 5.32 Å². The molecule has 108 valence electrons. The average molecular weight is 287 g/mol. The zero-order valence-corrected chi connectivity index (χ0v) is 12.4. The predicted molar refractivity (Wildman–Crippen MR) is 77.7 cm³/mol. The Morgan fingerprint density at radius 3 is 2.74 bits per heavy atom. The van der Waals surface area contributed by atoms with Gasteiger partial charge in [-0.05, 0) is 44.8 Å². The van der Waals surface area contributed by atoms with E-state index in [1.807, 2.05) is 17.9 Å². The van der Waals surface area contributed by atoms with Crippen LogP contribution in [0.4, 0.5) is 0 Å². The zero-order chi connectivity index (χ0) is 13.0. The van der Waals surface area contributed by atoms with Gasteiger partial charge in [-0.1, -0.05) is 6.92 Å². The number of amides is 1. The molecule has 1 saturated heterocycles. The first-order valence-electron chi connectivity index (χ1n) is 6.72. The van der Waals surface area contributed by atoms with Crippen molar-refractivity contribution in [2.45, 2.75) is 26.7 Å². The first-order chi connectivity index (χ1) is 8.70. The summed E-state index contributed by atoms with van der Waals surface area (Å²) < 4.78 is 0. The van der Waals surface area contributed by atoms with Crippen LogP contribution in [0.15, 0.2) is 6.07 Å². The number of H-pyrrole nitrogens is 1. The molecule has 2 rings (SSSR count). The quantitative estimate of drug-likeness (QED) is 0.884. The minimum Gasteiger partial charge on any atom is -0.337 e. The van der Waals surface area contributed by atoms with Crippen LogP contribution in [0.1, 0.15) is 35.9 Å². The molecule has 1 fully saturated rings. The average Bonchev–Trinajstić information content (AvgIpc) is 2.83. The van der Waals surface area contributed by atoms with Crippen LogP contribution >= 0.6 is 12.4 Å². The van der Waals surface area contributed by atoms with Gasteiger partial charge in [0.15, 0.2) is 0 Å². The summed E-state index contributed by atoms with van der Waals surface area (Å²) in [6.07, 6.45) is 2.17. The number of carbonyl (C=O) groups excluding carboxylic acids is 1. The number of piperidine rings is 1. The van der Waals surface area contributed by atoms with E-state index in [0.717, 1.165) is 44.7 Å². The number of nitrogens with zero attached hydrogens (tertiary/aromatic N) is 2. The Labute approximate surface area is 120 Å². The third-order valence-corrected chi connectivity index (χ3v) is 3.51. The van der Waals surface area contributed by atoms with E-state index >= 15 is 0 Å². The second kappa shape index (κ2) is 7.50. The smallest absolute Gasteiger partial charge is 0.274 e. The predicted octanol–water partition coefficient (Wildman–Crippen LogP) is 1.60. The van der Waals surface area contributed by atoms with Gasteiger partial charge >= 0.3 is 0 Å². The van der Waals surface area contributed by atoms with Gasteiger partial charge in [-0.15, -0.1) is 12.4 Å². The maximum absolute atomic E-state index is 12.2. The molecular weight excluding hydrogens is 264 g/mol. The summed E-state index contributed by atoms with van der Waals surface area (Å²) in [5.41, 5.74) is 1.47. The van der Waals surface area contributed by atoms with Gasteiger partial charge in [-0.3, -0.25) is 9.89 Å². The van der Waals surface area contributed by atoms with Crippen molar-refractivity contribution >= 4 is 18.3 Å². The van der Waals surface area contributed by atoms with E-state index in [2.05, 4.69) is 22.4 Å². The third-order valence-electron chi connectivity index (χ3n) is 3.51. The van der Waals surface area contributed by atoms with Crippen molar-refractivity contribution in [2.24, 2.45) is 5.92 Å². The Balaban J connectivity index is 0.00000180. The molecule has 0 bridgehead atoms. The highest BCUT2D eigenvalue weighted by atomic mass is 35.5. The number of rotatable bonds is 4. The molecule has 0 spiro atoms. The lowest BCUT2D eigenvalue weighted by Gasteiger charge is -2.31. The second-order valence-electron chi connectivity index (χ2n) is 4.98. The molecule has 2 heterocycles. The standard InChI is InChI=1S/C13H22N4O.ClH/c1-3-14-9-11-4-6-17(7-5-11)13(18)12-8-10(2)15-16-12;/h8,11,14H,3-7,9H2,1-2H3,(H,15,16);1H. The Bertz CT molecular complexity index is 399. The molecule has 0 unspecified atom stereocenters. The maximum Gasteiger partial charge on any atom is 0.274 e. The Morgan fingerprint density at radius 1 is 1.53 bits per heavy atom. The molecule has 1 aromatic rings. The van der Waals surface area contributed by atoms with Crippen molar-refractivity contribution < 1.29 is 4.79 Å². The number of carbonyl (C=O) groups is 1. The van der Waals surface area contributed by atoms with Crippen LogP contribution in [0.3, 0.4) is 0 Å². The van der Waals surface area contributed by atoms with Crippen molar-refractivity contribution in [3.05, 3.63) is 17.5 Å². The van der Waals surface area contributed by atoms with Gasteiger partial charge < -0.3 is 10.2 Å². The fraction of sp³-hybridized carbons (Fsp3) is 0.692. The summed E-state index contributed by atoms with van der Waals surface area (Å²) in [6.45, 7) is 7.82. The number of halogens is 1. The number of likely N-dealkylation sites (tertiary alicyclic amines) is 1. The molecule has 0 saturated carbocycles. The largest absolute Gasteiger partial charge is 0.337 e. The van der Waals surface area contributed by atoms with Crippen LogP contribution in [-0.4, -0.2) is 47.2 Å². The van der Waals surface area contributed by atoms with E-state index < -0.39 is 0 Å². The highest BCUT2D eigenvalue weighted by molar-refractivity contribution is 5.92. The summed E-state index contributed by atoms with van der Waals surface area (Å²) in [6, 6.07) is 1.81. The molecule has 0 radical (unpaired) electrons. The monoisotopic (exact) mass is 286 g/mol. The van der Waals surface area contributed by atoms with E-state index in [0.29, 0.717) is 11.6 Å². The molecule has 1 aromatic heterocycles. The topological polar surface area (TPSA) is 61.0 Å².